The van der Waals surface area contributed by atoms with Crippen molar-refractivity contribution in [2.45, 2.75) is 57.0 Å². The number of rotatable bonds is 5. The summed E-state index contributed by atoms with van der Waals surface area (Å²) in [5, 5.41) is 11.4. The summed E-state index contributed by atoms with van der Waals surface area (Å²) in [7, 11) is 2.09. The van der Waals surface area contributed by atoms with Crippen molar-refractivity contribution in [3.05, 3.63) is 20.8 Å². The number of aliphatic carboxylic acids is 1. The lowest BCUT2D eigenvalue weighted by atomic mass is 9.77. The summed E-state index contributed by atoms with van der Waals surface area (Å²) >= 11 is 5.23. The highest BCUT2D eigenvalue weighted by molar-refractivity contribution is 9.10. The van der Waals surface area contributed by atoms with Crippen molar-refractivity contribution < 1.29 is 9.90 Å². The Kier molecular flexibility index (Phi) is 5.26. The minimum atomic E-state index is -0.682. The molecule has 1 unspecified atom stereocenters. The molecule has 1 aromatic rings. The highest BCUT2D eigenvalue weighted by Crippen LogP contribution is 2.41. The lowest BCUT2D eigenvalue weighted by molar-refractivity contribution is -0.141. The number of hydrogen-bond donors (Lipinski definition) is 1. The van der Waals surface area contributed by atoms with Crippen molar-refractivity contribution in [2.75, 3.05) is 7.05 Å². The monoisotopic (exact) mass is 359 g/mol. The average molecular weight is 360 g/mol. The van der Waals surface area contributed by atoms with Crippen LogP contribution in [0.5, 0.6) is 0 Å². The standard InChI is InChI=1S/C15H22BrNO2S/c1-11(13-8-12(16)10-20-13)17(2)15(9-14(18)19)6-4-3-5-7-15/h8,10-11H,3-7,9H2,1-2H3,(H,18,19). The molecule has 5 heteroatoms. The van der Waals surface area contributed by atoms with Gasteiger partial charge in [-0.2, -0.15) is 0 Å². The first-order chi connectivity index (χ1) is 9.44. The van der Waals surface area contributed by atoms with Crippen LogP contribution in [0.3, 0.4) is 0 Å². The van der Waals surface area contributed by atoms with E-state index in [1.165, 1.54) is 11.3 Å². The maximum absolute atomic E-state index is 11.3. The summed E-state index contributed by atoms with van der Waals surface area (Å²) < 4.78 is 1.11. The smallest absolute Gasteiger partial charge is 0.305 e. The van der Waals surface area contributed by atoms with Gasteiger partial charge in [0.15, 0.2) is 0 Å². The Bertz CT molecular complexity index is 468. The number of halogens is 1. The molecular weight excluding hydrogens is 338 g/mol. The molecule has 3 nitrogen and oxygen atoms in total. The van der Waals surface area contributed by atoms with Crippen molar-refractivity contribution in [3.63, 3.8) is 0 Å². The second-order valence-electron chi connectivity index (χ2n) is 5.81. The molecule has 1 aromatic heterocycles. The molecule has 1 fully saturated rings. The molecule has 2 rings (SSSR count). The zero-order chi connectivity index (χ0) is 14.8. The SMILES string of the molecule is CC(c1cc(Br)cs1)N(C)C1(CC(=O)O)CCCCC1. The predicted molar refractivity (Wildman–Crippen MR) is 86.3 cm³/mol. The highest BCUT2D eigenvalue weighted by atomic mass is 79.9. The molecule has 1 N–H and O–H groups in total. The highest BCUT2D eigenvalue weighted by Gasteiger charge is 2.40. The Morgan fingerprint density at radius 1 is 1.50 bits per heavy atom. The van der Waals surface area contributed by atoms with Gasteiger partial charge in [-0.1, -0.05) is 19.3 Å². The van der Waals surface area contributed by atoms with Crippen molar-refractivity contribution in [3.8, 4) is 0 Å². The molecule has 0 aromatic carbocycles. The fourth-order valence-electron chi connectivity index (χ4n) is 3.29. The van der Waals surface area contributed by atoms with Gasteiger partial charge in [0.2, 0.25) is 0 Å². The van der Waals surface area contributed by atoms with Crippen LogP contribution < -0.4 is 0 Å². The summed E-state index contributed by atoms with van der Waals surface area (Å²) in [6.07, 6.45) is 5.74. The van der Waals surface area contributed by atoms with E-state index in [0.29, 0.717) is 0 Å². The van der Waals surface area contributed by atoms with E-state index >= 15 is 0 Å². The van der Waals surface area contributed by atoms with E-state index in [1.807, 2.05) is 0 Å². The first-order valence-electron chi connectivity index (χ1n) is 7.13. The fraction of sp³-hybridized carbons (Fsp3) is 0.667. The topological polar surface area (TPSA) is 40.5 Å². The first kappa shape index (κ1) is 16.0. The van der Waals surface area contributed by atoms with E-state index < -0.39 is 5.97 Å². The normalized spacial score (nSPS) is 20.0. The molecule has 0 aliphatic heterocycles. The molecule has 0 spiro atoms. The van der Waals surface area contributed by atoms with Gasteiger partial charge >= 0.3 is 5.97 Å². The Labute approximate surface area is 133 Å². The second-order valence-corrected chi connectivity index (χ2v) is 7.67. The number of hydrogen-bond acceptors (Lipinski definition) is 3. The van der Waals surface area contributed by atoms with Crippen molar-refractivity contribution in [2.24, 2.45) is 0 Å². The number of carbonyl (C=O) groups is 1. The van der Waals surface area contributed by atoms with Gasteiger partial charge in [-0.25, -0.2) is 0 Å². The molecule has 20 heavy (non-hydrogen) atoms. The average Bonchev–Trinajstić information content (AvgIpc) is 2.84. The van der Waals surface area contributed by atoms with Gasteiger partial charge in [-0.05, 0) is 48.8 Å². The van der Waals surface area contributed by atoms with Gasteiger partial charge < -0.3 is 5.11 Å². The van der Waals surface area contributed by atoms with Gasteiger partial charge in [-0.3, -0.25) is 9.69 Å². The molecule has 1 saturated carbocycles. The van der Waals surface area contributed by atoms with E-state index in [9.17, 15) is 9.90 Å². The molecule has 0 bridgehead atoms. The molecular formula is C15H22BrNO2S. The number of carboxylic acids is 1. The van der Waals surface area contributed by atoms with Crippen molar-refractivity contribution in [1.29, 1.82) is 0 Å². The quantitative estimate of drug-likeness (QED) is 0.829. The summed E-state index contributed by atoms with van der Waals surface area (Å²) in [6.45, 7) is 2.18. The number of carboxylic acid groups (broad SMARTS) is 1. The third-order valence-corrected chi connectivity index (χ3v) is 6.46. The van der Waals surface area contributed by atoms with Gasteiger partial charge in [0.1, 0.15) is 0 Å². The van der Waals surface area contributed by atoms with E-state index in [4.69, 9.17) is 0 Å². The summed E-state index contributed by atoms with van der Waals surface area (Å²) in [4.78, 5) is 14.9. The van der Waals surface area contributed by atoms with Crippen molar-refractivity contribution >= 4 is 33.2 Å². The Balaban J connectivity index is 2.21. The van der Waals surface area contributed by atoms with Crippen LogP contribution in [-0.4, -0.2) is 28.6 Å². The van der Waals surface area contributed by atoms with Crippen molar-refractivity contribution in [1.82, 2.24) is 4.90 Å². The fourth-order valence-corrected chi connectivity index (χ4v) is 4.84. The zero-order valence-electron chi connectivity index (χ0n) is 12.1. The van der Waals surface area contributed by atoms with E-state index in [0.717, 1.165) is 30.2 Å². The summed E-state index contributed by atoms with van der Waals surface area (Å²) in [5.41, 5.74) is -0.181. The third-order valence-electron chi connectivity index (χ3n) is 4.59. The molecule has 1 atom stereocenters. The second kappa shape index (κ2) is 6.58. The van der Waals surface area contributed by atoms with Crippen LogP contribution in [-0.2, 0) is 4.79 Å². The molecule has 0 saturated heterocycles. The largest absolute Gasteiger partial charge is 0.481 e. The first-order valence-corrected chi connectivity index (χ1v) is 8.80. The maximum atomic E-state index is 11.3. The lowest BCUT2D eigenvalue weighted by Gasteiger charge is -2.46. The van der Waals surface area contributed by atoms with Gasteiger partial charge in [0.05, 0.1) is 6.42 Å². The molecule has 0 amide bonds. The van der Waals surface area contributed by atoms with Crippen LogP contribution in [0.4, 0.5) is 0 Å². The summed E-state index contributed by atoms with van der Waals surface area (Å²) in [5.74, 6) is -0.682. The Morgan fingerprint density at radius 3 is 2.65 bits per heavy atom. The molecule has 1 aliphatic carbocycles. The Hall–Kier alpha value is -0.390. The minimum Gasteiger partial charge on any atom is -0.481 e. The van der Waals surface area contributed by atoms with Crippen LogP contribution in [0.15, 0.2) is 15.9 Å². The molecule has 1 heterocycles. The van der Waals surface area contributed by atoms with Crippen LogP contribution in [0.2, 0.25) is 0 Å². The van der Waals surface area contributed by atoms with Crippen LogP contribution in [0, 0.1) is 0 Å². The minimum absolute atomic E-state index is 0.181. The maximum Gasteiger partial charge on any atom is 0.305 e. The Morgan fingerprint density at radius 2 is 2.15 bits per heavy atom. The van der Waals surface area contributed by atoms with Gasteiger partial charge in [0, 0.05) is 26.3 Å². The van der Waals surface area contributed by atoms with Crippen LogP contribution in [0.25, 0.3) is 0 Å². The number of nitrogens with zero attached hydrogens (tertiary/aromatic N) is 1. The molecule has 0 radical (unpaired) electrons. The number of thiophene rings is 1. The van der Waals surface area contributed by atoms with E-state index in [1.54, 1.807) is 11.3 Å². The van der Waals surface area contributed by atoms with E-state index in [-0.39, 0.29) is 18.0 Å². The van der Waals surface area contributed by atoms with Crippen LogP contribution in [0.1, 0.15) is 56.4 Å². The van der Waals surface area contributed by atoms with Gasteiger partial charge in [0.25, 0.3) is 0 Å². The molecule has 112 valence electrons. The zero-order valence-corrected chi connectivity index (χ0v) is 14.5. The predicted octanol–water partition coefficient (Wildman–Crippen LogP) is 4.68. The van der Waals surface area contributed by atoms with Crippen LogP contribution >= 0.6 is 27.3 Å². The van der Waals surface area contributed by atoms with E-state index in [2.05, 4.69) is 46.2 Å². The molecule has 1 aliphatic rings. The summed E-state index contributed by atoms with van der Waals surface area (Å²) in [6, 6.07) is 2.40. The lowest BCUT2D eigenvalue weighted by Crippen LogP contribution is -2.50. The third kappa shape index (κ3) is 3.43. The van der Waals surface area contributed by atoms with Gasteiger partial charge in [-0.15, -0.1) is 11.3 Å².